The van der Waals surface area contributed by atoms with Crippen LogP contribution in [-0.2, 0) is 4.79 Å². The van der Waals surface area contributed by atoms with Crippen molar-refractivity contribution >= 4 is 39.0 Å². The molecule has 3 N–H and O–H groups in total. The van der Waals surface area contributed by atoms with Crippen molar-refractivity contribution in [2.75, 3.05) is 26.0 Å². The summed E-state index contributed by atoms with van der Waals surface area (Å²) < 4.78 is 6.26. The van der Waals surface area contributed by atoms with Crippen molar-refractivity contribution < 1.29 is 9.21 Å². The monoisotopic (exact) mass is 449 g/mol. The van der Waals surface area contributed by atoms with Crippen LogP contribution >= 0.6 is 15.9 Å². The summed E-state index contributed by atoms with van der Waals surface area (Å²) in [6.45, 7) is 0.979. The summed E-state index contributed by atoms with van der Waals surface area (Å²) in [4.78, 5) is 17.3. The maximum absolute atomic E-state index is 10.4. The molecule has 1 saturated carbocycles. The van der Waals surface area contributed by atoms with Gasteiger partial charge in [0, 0.05) is 30.0 Å². The van der Waals surface area contributed by atoms with Crippen LogP contribution in [0.25, 0.3) is 11.0 Å². The predicted octanol–water partition coefficient (Wildman–Crippen LogP) is 3.67. The highest BCUT2D eigenvalue weighted by Gasteiger charge is 2.24. The Bertz CT molecular complexity index is 809. The summed E-state index contributed by atoms with van der Waals surface area (Å²) in [5.41, 5.74) is 5.11. The van der Waals surface area contributed by atoms with E-state index in [0.29, 0.717) is 24.1 Å². The van der Waals surface area contributed by atoms with Crippen LogP contribution in [-0.4, -0.2) is 48.9 Å². The largest absolute Gasteiger partial charge is 0.444 e. The number of nitrogens with zero attached hydrogens (tertiary/aromatic N) is 3. The summed E-state index contributed by atoms with van der Waals surface area (Å²) in [6.07, 6.45) is 8.69. The Hall–Kier alpha value is -1.95. The highest BCUT2D eigenvalue weighted by Crippen LogP contribution is 2.33. The lowest BCUT2D eigenvalue weighted by atomic mass is 9.90. The lowest BCUT2D eigenvalue weighted by Crippen LogP contribution is -2.38. The van der Waals surface area contributed by atoms with Gasteiger partial charge in [0.25, 0.3) is 0 Å². The molecule has 0 aromatic carbocycles. The zero-order valence-corrected chi connectivity index (χ0v) is 18.0. The lowest BCUT2D eigenvalue weighted by Gasteiger charge is -2.35. The molecule has 3 rings (SSSR count). The van der Waals surface area contributed by atoms with Crippen molar-refractivity contribution in [2.45, 2.75) is 50.6 Å². The van der Waals surface area contributed by atoms with E-state index >= 15 is 0 Å². The van der Waals surface area contributed by atoms with Crippen molar-refractivity contribution in [1.82, 2.24) is 9.88 Å². The number of unbranched alkanes of at least 4 members (excludes halogenated alkanes) is 1. The fourth-order valence-electron chi connectivity index (χ4n) is 3.60. The Morgan fingerprint density at radius 1 is 1.43 bits per heavy atom. The maximum atomic E-state index is 10.4. The fourth-order valence-corrected chi connectivity index (χ4v) is 4.12. The number of nitrogens with two attached hydrogens (primary N) is 1. The van der Waals surface area contributed by atoms with Crippen LogP contribution in [0.2, 0.25) is 0 Å². The molecule has 2 aromatic heterocycles. The van der Waals surface area contributed by atoms with Crippen LogP contribution in [0.5, 0.6) is 0 Å². The van der Waals surface area contributed by atoms with E-state index in [1.54, 1.807) is 12.3 Å². The van der Waals surface area contributed by atoms with E-state index in [1.165, 1.54) is 7.05 Å². The van der Waals surface area contributed by atoms with Gasteiger partial charge in [-0.3, -0.25) is 0 Å². The first-order chi connectivity index (χ1) is 13.6. The van der Waals surface area contributed by atoms with Crippen molar-refractivity contribution in [3.63, 3.8) is 0 Å². The number of hydrogen-bond donors (Lipinski definition) is 2. The maximum Gasteiger partial charge on any atom is 0.204 e. The smallest absolute Gasteiger partial charge is 0.204 e. The first-order valence-electron chi connectivity index (χ1n) is 9.58. The minimum Gasteiger partial charge on any atom is -0.444 e. The first kappa shape index (κ1) is 22.3. The van der Waals surface area contributed by atoms with Gasteiger partial charge >= 0.3 is 0 Å². The fraction of sp³-hybridized carbons (Fsp3) is 0.550. The van der Waals surface area contributed by atoms with Crippen LogP contribution in [0, 0.1) is 11.3 Å². The third kappa shape index (κ3) is 5.53. The van der Waals surface area contributed by atoms with Gasteiger partial charge in [0.15, 0.2) is 5.58 Å². The zero-order valence-electron chi connectivity index (χ0n) is 16.4. The standard InChI is InChI=1S/C19H23BrN4O2.CH5N/c1-24(8-2-3-9-25)14-6-4-13(5-7-14)23-19-18(20)16-10-15(11-21)26-17(16)12-22-19;1-2/h9-10,12-14H,2-8H2,1H3,(H,22,23);2H2,1H3. The average molecular weight is 450 g/mol. The Labute approximate surface area is 174 Å². The molecule has 8 heteroatoms. The molecule has 1 fully saturated rings. The van der Waals surface area contributed by atoms with Crippen LogP contribution in [0.4, 0.5) is 5.82 Å². The summed E-state index contributed by atoms with van der Waals surface area (Å²) in [5.74, 6) is 1.09. The molecule has 0 saturated heterocycles. The van der Waals surface area contributed by atoms with E-state index in [0.717, 1.165) is 60.6 Å². The van der Waals surface area contributed by atoms with Crippen LogP contribution in [0.3, 0.4) is 0 Å². The van der Waals surface area contributed by atoms with E-state index in [9.17, 15) is 4.79 Å². The number of nitriles is 1. The van der Waals surface area contributed by atoms with Crippen LogP contribution < -0.4 is 11.1 Å². The van der Waals surface area contributed by atoms with E-state index in [4.69, 9.17) is 9.68 Å². The molecule has 0 aliphatic heterocycles. The highest BCUT2D eigenvalue weighted by atomic mass is 79.9. The van der Waals surface area contributed by atoms with Crippen LogP contribution in [0.15, 0.2) is 21.2 Å². The number of rotatable bonds is 7. The van der Waals surface area contributed by atoms with E-state index in [2.05, 4.69) is 43.9 Å². The first-order valence-corrected chi connectivity index (χ1v) is 10.4. The molecular weight excluding hydrogens is 422 g/mol. The summed E-state index contributed by atoms with van der Waals surface area (Å²) in [5, 5.41) is 13.4. The van der Waals surface area contributed by atoms with E-state index in [-0.39, 0.29) is 5.76 Å². The second-order valence-electron chi connectivity index (χ2n) is 6.86. The Balaban J connectivity index is 0.00000136. The molecule has 0 radical (unpaired) electrons. The third-order valence-electron chi connectivity index (χ3n) is 5.12. The SMILES string of the molecule is CN.CN(CCCC=O)C1CCC(Nc2ncc3oc(C#N)cc3c2Br)CC1. The molecular formula is C20H28BrN5O2. The van der Waals surface area contributed by atoms with Gasteiger partial charge in [-0.15, -0.1) is 0 Å². The van der Waals surface area contributed by atoms with Gasteiger partial charge in [0.05, 0.1) is 10.7 Å². The highest BCUT2D eigenvalue weighted by molar-refractivity contribution is 9.10. The second-order valence-corrected chi connectivity index (χ2v) is 7.65. The molecule has 2 aromatic rings. The molecule has 28 heavy (non-hydrogen) atoms. The number of hydrogen-bond acceptors (Lipinski definition) is 7. The molecule has 0 amide bonds. The van der Waals surface area contributed by atoms with Gasteiger partial charge in [-0.25, -0.2) is 4.98 Å². The second kappa shape index (κ2) is 11.1. The van der Waals surface area contributed by atoms with Crippen molar-refractivity contribution in [3.8, 4) is 6.07 Å². The van der Waals surface area contributed by atoms with Crippen molar-refractivity contribution in [2.24, 2.45) is 5.73 Å². The number of halogens is 1. The number of pyridine rings is 1. The topological polar surface area (TPSA) is 108 Å². The molecule has 1 aliphatic rings. The minimum atomic E-state index is 0.290. The number of fused-ring (bicyclic) bond motifs is 1. The number of aromatic nitrogens is 1. The van der Waals surface area contributed by atoms with E-state index in [1.807, 2.05) is 6.07 Å². The molecule has 0 spiro atoms. The Morgan fingerprint density at radius 2 is 2.14 bits per heavy atom. The van der Waals surface area contributed by atoms with Gasteiger partial charge in [0.2, 0.25) is 5.76 Å². The number of carbonyl (C=O) groups excluding carboxylic acids is 1. The van der Waals surface area contributed by atoms with Crippen LogP contribution in [0.1, 0.15) is 44.3 Å². The molecule has 0 unspecified atom stereocenters. The van der Waals surface area contributed by atoms with Gasteiger partial charge in [0.1, 0.15) is 18.2 Å². The van der Waals surface area contributed by atoms with Gasteiger partial charge in [-0.1, -0.05) is 0 Å². The predicted molar refractivity (Wildman–Crippen MR) is 114 cm³/mol. The molecule has 152 valence electrons. The minimum absolute atomic E-state index is 0.290. The number of anilines is 1. The molecule has 2 heterocycles. The normalized spacial score (nSPS) is 19.0. The average Bonchev–Trinajstić information content (AvgIpc) is 3.16. The Morgan fingerprint density at radius 3 is 2.79 bits per heavy atom. The molecule has 0 atom stereocenters. The summed E-state index contributed by atoms with van der Waals surface area (Å²) >= 11 is 3.59. The van der Waals surface area contributed by atoms with E-state index < -0.39 is 0 Å². The number of carbonyl (C=O) groups is 1. The van der Waals surface area contributed by atoms with Crippen molar-refractivity contribution in [3.05, 3.63) is 22.5 Å². The quantitative estimate of drug-likeness (QED) is 0.490. The Kier molecular flexibility index (Phi) is 8.90. The summed E-state index contributed by atoms with van der Waals surface area (Å²) in [6, 6.07) is 4.73. The van der Waals surface area contributed by atoms with Gasteiger partial charge in [-0.05, 0) is 68.7 Å². The number of nitrogens with one attached hydrogen (secondary N) is 1. The van der Waals surface area contributed by atoms with Gasteiger partial charge < -0.3 is 25.2 Å². The zero-order chi connectivity index (χ0) is 20.5. The molecule has 0 bridgehead atoms. The molecule has 7 nitrogen and oxygen atoms in total. The van der Waals surface area contributed by atoms with Gasteiger partial charge in [-0.2, -0.15) is 5.26 Å². The number of furan rings is 1. The number of aldehydes is 1. The summed E-state index contributed by atoms with van der Waals surface area (Å²) in [7, 11) is 3.65. The third-order valence-corrected chi connectivity index (χ3v) is 5.92. The molecule has 1 aliphatic carbocycles. The lowest BCUT2D eigenvalue weighted by molar-refractivity contribution is -0.108. The van der Waals surface area contributed by atoms with Crippen molar-refractivity contribution in [1.29, 1.82) is 5.26 Å².